The molecule has 0 bridgehead atoms. The molecule has 0 spiro atoms. The number of aliphatic carboxylic acids is 1. The molecule has 2 fully saturated rings. The van der Waals surface area contributed by atoms with E-state index in [2.05, 4.69) is 17.5 Å². The number of carbonyl (C=O) groups is 2. The number of carboxylic acid groups (broad SMARTS) is 1. The van der Waals surface area contributed by atoms with Gasteiger partial charge in [0, 0.05) is 19.0 Å². The molecule has 2 aliphatic carbocycles. The molecule has 0 amide bonds. The summed E-state index contributed by atoms with van der Waals surface area (Å²) >= 11 is 4.85. The van der Waals surface area contributed by atoms with Gasteiger partial charge in [0.05, 0.1) is 0 Å². The maximum Gasteiger partial charge on any atom is 1.00 e. The van der Waals surface area contributed by atoms with Crippen LogP contribution in [0.1, 0.15) is 83.6 Å². The fraction of sp³-hybridized carbons (Fsp3) is 0.640. The number of thiocarbonyl (C=S) groups is 1. The van der Waals surface area contributed by atoms with Crippen molar-refractivity contribution in [3.05, 3.63) is 35.9 Å². The molecule has 2 aliphatic rings. The molecule has 0 heterocycles. The zero-order valence-corrected chi connectivity index (χ0v) is 25.1. The monoisotopic (exact) mass is 519 g/mol. The van der Waals surface area contributed by atoms with Gasteiger partial charge in [-0.1, -0.05) is 85.7 Å². The number of hydrogen-bond acceptors (Lipinski definition) is 6. The first-order valence-electron chi connectivity index (χ1n) is 11.7. The molecule has 0 unspecified atom stereocenters. The molecule has 1 aromatic rings. The minimum absolute atomic E-state index is 0. The maximum atomic E-state index is 10.9. The third kappa shape index (κ3) is 18.2. The average Bonchev–Trinajstić information content (AvgIpc) is 2.75. The Labute approximate surface area is 251 Å². The molecule has 1 aromatic carbocycles. The van der Waals surface area contributed by atoms with E-state index in [-0.39, 0.29) is 61.6 Å². The summed E-state index contributed by atoms with van der Waals surface area (Å²) in [5.74, 6) is -0.945. The molecule has 0 aromatic heterocycles. The number of thioether (sulfide) groups is 1. The number of nitrogens with one attached hydrogen (secondary N) is 1. The molecule has 3 rings (SSSR count). The minimum Gasteiger partial charge on any atom is -0.868 e. The summed E-state index contributed by atoms with van der Waals surface area (Å²) in [4.78, 5) is 21.7. The van der Waals surface area contributed by atoms with Gasteiger partial charge >= 0.3 is 57.4 Å². The summed E-state index contributed by atoms with van der Waals surface area (Å²) in [6, 6.07) is 11.0. The van der Waals surface area contributed by atoms with E-state index in [9.17, 15) is 14.7 Å². The summed E-state index contributed by atoms with van der Waals surface area (Å²) in [5, 5.41) is 20.9. The fourth-order valence-electron chi connectivity index (χ4n) is 4.08. The predicted molar refractivity (Wildman–Crippen MR) is 135 cm³/mol. The molecule has 180 valence electrons. The van der Waals surface area contributed by atoms with Crippen molar-refractivity contribution in [1.29, 1.82) is 0 Å². The van der Waals surface area contributed by atoms with Crippen molar-refractivity contribution >= 4 is 40.1 Å². The molecular weight excluding hydrogens is 482 g/mol. The van der Waals surface area contributed by atoms with Crippen LogP contribution in [-0.4, -0.2) is 38.6 Å². The second-order valence-electron chi connectivity index (χ2n) is 8.45. The van der Waals surface area contributed by atoms with Gasteiger partial charge in [-0.2, -0.15) is 0 Å². The van der Waals surface area contributed by atoms with E-state index in [1.165, 1.54) is 78.1 Å². The maximum absolute atomic E-state index is 10.9. The molecule has 0 aliphatic heterocycles. The molecule has 8 heteroatoms. The summed E-state index contributed by atoms with van der Waals surface area (Å²) < 4.78 is 0. The van der Waals surface area contributed by atoms with Crippen LogP contribution in [0, 0.1) is 0 Å². The van der Waals surface area contributed by atoms with Crippen LogP contribution in [-0.2, 0) is 16.0 Å². The number of rotatable bonds is 6. The number of carbonyl (C=O) groups excluding carboxylic acids is 1. The second-order valence-corrected chi connectivity index (χ2v) is 10.4. The largest absolute Gasteiger partial charge is 1.00 e. The molecular formula is C25H38KNO4S2. The van der Waals surface area contributed by atoms with Gasteiger partial charge in [-0.25, -0.2) is 0 Å². The standard InChI is InChI=1S/C12H23N.C11H12O3S.C2H4OS.K/c1-3-7-11(8-4-1)13-12-9-5-2-6-10-12;1-8(12)15-10(11(13)14)7-9-5-3-2-4-6-9;1-2(3)4;/h11-13H,1-10H2;2-6,10H,7H2,1H3,(H,13,14);1H3,(H,3,4);/q;;;+1/p-1/t;10-;;/m.1../s1. The van der Waals surface area contributed by atoms with Crippen molar-refractivity contribution < 1.29 is 71.2 Å². The van der Waals surface area contributed by atoms with Crippen LogP contribution in [0.5, 0.6) is 0 Å². The first-order chi connectivity index (χ1) is 15.3. The first kappa shape index (κ1) is 33.2. The Morgan fingerprint density at radius 1 is 1.00 bits per heavy atom. The van der Waals surface area contributed by atoms with Crippen LogP contribution < -0.4 is 61.8 Å². The van der Waals surface area contributed by atoms with E-state index in [1.54, 1.807) is 0 Å². The molecule has 2 N–H and O–H groups in total. The van der Waals surface area contributed by atoms with Crippen molar-refractivity contribution in [2.24, 2.45) is 0 Å². The smallest absolute Gasteiger partial charge is 0.868 e. The Morgan fingerprint density at radius 3 is 1.79 bits per heavy atom. The van der Waals surface area contributed by atoms with Gasteiger partial charge in [-0.15, -0.1) is 12.2 Å². The van der Waals surface area contributed by atoms with Gasteiger partial charge in [0.2, 0.25) is 0 Å². The predicted octanol–water partition coefficient (Wildman–Crippen LogP) is 1.90. The van der Waals surface area contributed by atoms with Gasteiger partial charge in [0.25, 0.3) is 0 Å². The van der Waals surface area contributed by atoms with Crippen LogP contribution >= 0.6 is 24.0 Å². The van der Waals surface area contributed by atoms with Crippen LogP contribution in [0.2, 0.25) is 0 Å². The van der Waals surface area contributed by atoms with Crippen LogP contribution in [0.25, 0.3) is 0 Å². The third-order valence-corrected chi connectivity index (χ3v) is 6.51. The van der Waals surface area contributed by atoms with E-state index in [0.717, 1.165) is 29.4 Å². The molecule has 0 radical (unpaired) electrons. The summed E-state index contributed by atoms with van der Waals surface area (Å²) in [5.41, 5.74) is 0.929. The van der Waals surface area contributed by atoms with Crippen molar-refractivity contribution in [2.75, 3.05) is 0 Å². The normalized spacial score (nSPS) is 17.2. The Morgan fingerprint density at radius 2 is 1.42 bits per heavy atom. The topological polar surface area (TPSA) is 89.5 Å². The Bertz CT molecular complexity index is 658. The van der Waals surface area contributed by atoms with Gasteiger partial charge in [0.15, 0.2) is 5.12 Å². The SMILES string of the molecule is C1CCC(NC2CCCCC2)CC1.CC(=O)S[C@H](Cc1ccccc1)C(=O)O.CC([O-])=S.[K+]. The summed E-state index contributed by atoms with van der Waals surface area (Å²) in [6.45, 7) is 2.72. The zero-order chi connectivity index (χ0) is 23.8. The minimum atomic E-state index is -0.945. The van der Waals surface area contributed by atoms with Gasteiger partial charge in [-0.3, -0.25) is 9.59 Å². The fourth-order valence-corrected chi connectivity index (χ4v) is 4.86. The van der Waals surface area contributed by atoms with Crippen molar-refractivity contribution in [3.8, 4) is 0 Å². The zero-order valence-electron chi connectivity index (χ0n) is 20.4. The molecule has 0 saturated heterocycles. The van der Waals surface area contributed by atoms with Gasteiger partial charge in [-0.05, 0) is 44.6 Å². The molecule has 5 nitrogen and oxygen atoms in total. The van der Waals surface area contributed by atoms with E-state index in [1.807, 2.05) is 30.3 Å². The number of hydrogen-bond donors (Lipinski definition) is 2. The molecule has 2 saturated carbocycles. The van der Waals surface area contributed by atoms with Crippen molar-refractivity contribution in [3.63, 3.8) is 0 Å². The average molecular weight is 520 g/mol. The van der Waals surface area contributed by atoms with E-state index in [4.69, 9.17) is 5.11 Å². The number of benzene rings is 1. The van der Waals surface area contributed by atoms with E-state index < -0.39 is 11.2 Å². The van der Waals surface area contributed by atoms with E-state index in [0.29, 0.717) is 6.42 Å². The van der Waals surface area contributed by atoms with Crippen molar-refractivity contribution in [1.82, 2.24) is 5.32 Å². The van der Waals surface area contributed by atoms with Gasteiger partial charge in [0.1, 0.15) is 5.25 Å². The quantitative estimate of drug-likeness (QED) is 0.438. The van der Waals surface area contributed by atoms with Crippen LogP contribution in [0.15, 0.2) is 30.3 Å². The summed E-state index contributed by atoms with van der Waals surface area (Å²) in [7, 11) is 0. The van der Waals surface area contributed by atoms with Crippen LogP contribution in [0.4, 0.5) is 0 Å². The van der Waals surface area contributed by atoms with Crippen molar-refractivity contribution in [2.45, 2.75) is 102 Å². The Kier molecular flexibility index (Phi) is 20.5. The van der Waals surface area contributed by atoms with E-state index >= 15 is 0 Å². The van der Waals surface area contributed by atoms with Crippen LogP contribution in [0.3, 0.4) is 0 Å². The van der Waals surface area contributed by atoms with Gasteiger partial charge < -0.3 is 15.5 Å². The third-order valence-electron chi connectivity index (χ3n) is 5.53. The Hall–Kier alpha value is 0.196. The second kappa shape index (κ2) is 20.4. The Balaban J connectivity index is 0.000000524. The number of carboxylic acids is 1. The molecule has 1 atom stereocenters. The summed E-state index contributed by atoms with van der Waals surface area (Å²) in [6.07, 6.45) is 14.9. The first-order valence-corrected chi connectivity index (χ1v) is 12.9. The molecule has 33 heavy (non-hydrogen) atoms.